The van der Waals surface area contributed by atoms with Gasteiger partial charge in [0.15, 0.2) is 5.82 Å². The van der Waals surface area contributed by atoms with E-state index in [1.165, 1.54) is 0 Å². The number of amides is 1. The average Bonchev–Trinajstić information content (AvgIpc) is 2.77. The van der Waals surface area contributed by atoms with Crippen LogP contribution in [-0.4, -0.2) is 15.9 Å². The first-order chi connectivity index (χ1) is 14.9. The van der Waals surface area contributed by atoms with E-state index >= 15 is 0 Å². The number of aromatic nitrogens is 2. The van der Waals surface area contributed by atoms with Gasteiger partial charge in [-0.25, -0.2) is 4.98 Å². The predicted molar refractivity (Wildman–Crippen MR) is 125 cm³/mol. The highest BCUT2D eigenvalue weighted by atomic mass is 35.5. The summed E-state index contributed by atoms with van der Waals surface area (Å²) in [6, 6.07) is 15.2. The van der Waals surface area contributed by atoms with Crippen LogP contribution in [-0.2, 0) is 4.79 Å². The molecule has 1 unspecified atom stereocenters. The highest BCUT2D eigenvalue weighted by Crippen LogP contribution is 2.52. The van der Waals surface area contributed by atoms with Crippen LogP contribution in [0.5, 0.6) is 0 Å². The maximum Gasteiger partial charge on any atom is 0.235 e. The molecule has 4 nitrogen and oxygen atoms in total. The van der Waals surface area contributed by atoms with Crippen LogP contribution in [0.3, 0.4) is 0 Å². The molecule has 0 spiro atoms. The van der Waals surface area contributed by atoms with Crippen LogP contribution in [0.25, 0.3) is 0 Å². The molecule has 1 aliphatic rings. The molecule has 0 saturated carbocycles. The molecule has 0 radical (unpaired) electrons. The van der Waals surface area contributed by atoms with E-state index in [2.05, 4.69) is 22.6 Å². The second kappa shape index (κ2) is 8.81. The first kappa shape index (κ1) is 21.5. The normalized spacial score (nSPS) is 23.6. The molecule has 1 aliphatic heterocycles. The predicted octanol–water partition coefficient (Wildman–Crippen LogP) is 6.63. The lowest BCUT2D eigenvalue weighted by Gasteiger charge is -2.48. The van der Waals surface area contributed by atoms with E-state index in [-0.39, 0.29) is 17.9 Å². The maximum atomic E-state index is 13.9. The van der Waals surface area contributed by atoms with Gasteiger partial charge in [-0.15, -0.1) is 6.58 Å². The van der Waals surface area contributed by atoms with Gasteiger partial charge in [-0.1, -0.05) is 60.5 Å². The highest BCUT2D eigenvalue weighted by molar-refractivity contribution is 6.30. The SMILES string of the molecule is C=CC[C@@]1(C)CC(c2cccc(Cl)c2)[C@@H](c2ccc(Cl)cc2)N(c2cnccn2)C1=O. The number of anilines is 1. The number of carbonyl (C=O) groups is 1. The first-order valence-electron chi connectivity index (χ1n) is 10.1. The Hall–Kier alpha value is -2.69. The van der Waals surface area contributed by atoms with E-state index < -0.39 is 5.41 Å². The van der Waals surface area contributed by atoms with Crippen molar-refractivity contribution in [2.75, 3.05) is 4.90 Å². The smallest absolute Gasteiger partial charge is 0.235 e. The molecular weight excluding hydrogens is 429 g/mol. The van der Waals surface area contributed by atoms with Gasteiger partial charge in [-0.05, 0) is 48.2 Å². The summed E-state index contributed by atoms with van der Waals surface area (Å²) in [7, 11) is 0. The molecule has 3 aromatic rings. The zero-order valence-corrected chi connectivity index (χ0v) is 18.7. The average molecular weight is 452 g/mol. The van der Waals surface area contributed by atoms with E-state index in [0.717, 1.165) is 11.1 Å². The zero-order chi connectivity index (χ0) is 22.0. The molecule has 0 N–H and O–H groups in total. The standard InChI is InChI=1S/C25H23Cl2N3O/c1-3-11-25(2)15-21(18-5-4-6-20(27)14-18)23(17-7-9-19(26)10-8-17)30(24(25)31)22-16-28-12-13-29-22/h3-10,12-14,16,21,23H,1,11,15H2,2H3/t21?,23-,25+/m1/s1. The maximum absolute atomic E-state index is 13.9. The molecule has 1 aromatic heterocycles. The Kier molecular flexibility index (Phi) is 6.12. The summed E-state index contributed by atoms with van der Waals surface area (Å²) in [5.41, 5.74) is 1.42. The minimum Gasteiger partial charge on any atom is -0.287 e. The number of hydrogen-bond acceptors (Lipinski definition) is 3. The van der Waals surface area contributed by atoms with Gasteiger partial charge in [0, 0.05) is 28.4 Å². The minimum atomic E-state index is -0.630. The summed E-state index contributed by atoms with van der Waals surface area (Å²) in [5, 5.41) is 1.31. The molecule has 31 heavy (non-hydrogen) atoms. The lowest BCUT2D eigenvalue weighted by atomic mass is 9.67. The topological polar surface area (TPSA) is 46.1 Å². The van der Waals surface area contributed by atoms with Gasteiger partial charge in [0.05, 0.1) is 17.7 Å². The van der Waals surface area contributed by atoms with Gasteiger partial charge in [-0.2, -0.15) is 0 Å². The van der Waals surface area contributed by atoms with Crippen molar-refractivity contribution < 1.29 is 4.79 Å². The van der Waals surface area contributed by atoms with E-state index in [4.69, 9.17) is 23.2 Å². The van der Waals surface area contributed by atoms with Crippen LogP contribution < -0.4 is 4.90 Å². The number of benzene rings is 2. The fourth-order valence-corrected chi connectivity index (χ4v) is 4.84. The largest absolute Gasteiger partial charge is 0.287 e. The number of allylic oxidation sites excluding steroid dienone is 1. The molecule has 0 bridgehead atoms. The van der Waals surface area contributed by atoms with E-state index in [1.807, 2.05) is 55.5 Å². The Morgan fingerprint density at radius 1 is 1.13 bits per heavy atom. The Balaban J connectivity index is 1.94. The number of halogens is 2. The van der Waals surface area contributed by atoms with Gasteiger partial charge >= 0.3 is 0 Å². The van der Waals surface area contributed by atoms with Crippen LogP contribution in [0.2, 0.25) is 10.0 Å². The van der Waals surface area contributed by atoms with Crippen LogP contribution in [0.1, 0.15) is 42.9 Å². The second-order valence-corrected chi connectivity index (χ2v) is 9.03. The van der Waals surface area contributed by atoms with Crippen molar-refractivity contribution in [2.45, 2.75) is 31.7 Å². The van der Waals surface area contributed by atoms with E-state index in [0.29, 0.717) is 28.7 Å². The highest BCUT2D eigenvalue weighted by Gasteiger charge is 2.50. The van der Waals surface area contributed by atoms with Crippen molar-refractivity contribution in [1.82, 2.24) is 9.97 Å². The number of hydrogen-bond donors (Lipinski definition) is 0. The van der Waals surface area contributed by atoms with Crippen LogP contribution in [0, 0.1) is 5.41 Å². The molecule has 2 aromatic carbocycles. The van der Waals surface area contributed by atoms with Crippen molar-refractivity contribution in [1.29, 1.82) is 0 Å². The minimum absolute atomic E-state index is 0.00567. The van der Waals surface area contributed by atoms with Crippen LogP contribution in [0.4, 0.5) is 5.82 Å². The fraction of sp³-hybridized carbons (Fsp3) is 0.240. The fourth-order valence-electron chi connectivity index (χ4n) is 4.51. The van der Waals surface area contributed by atoms with Gasteiger partial charge in [0.2, 0.25) is 5.91 Å². The van der Waals surface area contributed by atoms with Crippen LogP contribution in [0.15, 0.2) is 79.8 Å². The summed E-state index contributed by atoms with van der Waals surface area (Å²) in [4.78, 5) is 24.4. The Bertz CT molecular complexity index is 1090. The van der Waals surface area contributed by atoms with Gasteiger partial charge in [0.25, 0.3) is 0 Å². The van der Waals surface area contributed by atoms with Crippen molar-refractivity contribution >= 4 is 34.9 Å². The molecule has 158 valence electrons. The van der Waals surface area contributed by atoms with Crippen molar-refractivity contribution in [3.63, 3.8) is 0 Å². The van der Waals surface area contributed by atoms with Crippen LogP contribution >= 0.6 is 23.2 Å². The number of nitrogens with zero attached hydrogens (tertiary/aromatic N) is 3. The summed E-state index contributed by atoms with van der Waals surface area (Å²) in [6.07, 6.45) is 7.87. The number of piperidine rings is 1. The van der Waals surface area contributed by atoms with Crippen molar-refractivity contribution in [3.05, 3.63) is 101 Å². The Morgan fingerprint density at radius 3 is 2.55 bits per heavy atom. The monoisotopic (exact) mass is 451 g/mol. The number of carbonyl (C=O) groups excluding carboxylic acids is 1. The van der Waals surface area contributed by atoms with E-state index in [1.54, 1.807) is 23.5 Å². The molecule has 0 aliphatic carbocycles. The van der Waals surface area contributed by atoms with Gasteiger partial charge < -0.3 is 0 Å². The van der Waals surface area contributed by atoms with Gasteiger partial charge in [-0.3, -0.25) is 14.7 Å². The molecule has 3 atom stereocenters. The summed E-state index contributed by atoms with van der Waals surface area (Å²) in [6.45, 7) is 5.89. The lowest BCUT2D eigenvalue weighted by molar-refractivity contribution is -0.131. The molecular formula is C25H23Cl2N3O. The molecule has 6 heteroatoms. The first-order valence-corrected chi connectivity index (χ1v) is 10.9. The zero-order valence-electron chi connectivity index (χ0n) is 17.2. The third-order valence-corrected chi connectivity index (χ3v) is 6.43. The summed E-state index contributed by atoms with van der Waals surface area (Å²) >= 11 is 12.5. The molecule has 4 rings (SSSR count). The molecule has 1 amide bonds. The molecule has 1 saturated heterocycles. The molecule has 2 heterocycles. The summed E-state index contributed by atoms with van der Waals surface area (Å²) in [5.74, 6) is 0.519. The summed E-state index contributed by atoms with van der Waals surface area (Å²) < 4.78 is 0. The van der Waals surface area contributed by atoms with E-state index in [9.17, 15) is 4.79 Å². The lowest BCUT2D eigenvalue weighted by Crippen LogP contribution is -2.52. The quantitative estimate of drug-likeness (QED) is 0.409. The van der Waals surface area contributed by atoms with Crippen molar-refractivity contribution in [2.24, 2.45) is 5.41 Å². The number of rotatable bonds is 5. The molecule has 1 fully saturated rings. The second-order valence-electron chi connectivity index (χ2n) is 8.15. The van der Waals surface area contributed by atoms with Gasteiger partial charge in [0.1, 0.15) is 0 Å². The third kappa shape index (κ3) is 4.23. The Labute approximate surface area is 192 Å². The van der Waals surface area contributed by atoms with Crippen molar-refractivity contribution in [3.8, 4) is 0 Å². The Morgan fingerprint density at radius 2 is 1.90 bits per heavy atom. The third-order valence-electron chi connectivity index (χ3n) is 5.94.